The van der Waals surface area contributed by atoms with Crippen LogP contribution < -0.4 is 5.32 Å². The van der Waals surface area contributed by atoms with E-state index in [2.05, 4.69) is 34.6 Å². The molecule has 2 amide bonds. The first-order valence-electron chi connectivity index (χ1n) is 8.83. The van der Waals surface area contributed by atoms with Crippen LogP contribution in [0.3, 0.4) is 0 Å². The van der Waals surface area contributed by atoms with Crippen molar-refractivity contribution in [1.29, 1.82) is 0 Å². The van der Waals surface area contributed by atoms with Gasteiger partial charge in [-0.3, -0.25) is 4.98 Å². The molecule has 5 nitrogen and oxygen atoms in total. The molecule has 0 aliphatic carbocycles. The maximum absolute atomic E-state index is 12.5. The molecular formula is C20H25N3O2. The lowest BCUT2D eigenvalue weighted by Gasteiger charge is -2.34. The normalized spacial score (nSPS) is 18.6. The molecule has 1 aliphatic heterocycles. The van der Waals surface area contributed by atoms with Crippen LogP contribution >= 0.6 is 0 Å². The molecule has 0 saturated carbocycles. The second-order valence-corrected chi connectivity index (χ2v) is 6.41. The molecule has 1 saturated heterocycles. The quantitative estimate of drug-likeness (QED) is 0.910. The summed E-state index contributed by atoms with van der Waals surface area (Å²) in [5.74, 6) is 0. The monoisotopic (exact) mass is 339 g/mol. The summed E-state index contributed by atoms with van der Waals surface area (Å²) in [6, 6.07) is 14.2. The zero-order valence-electron chi connectivity index (χ0n) is 14.6. The van der Waals surface area contributed by atoms with Gasteiger partial charge in [0.05, 0.1) is 18.8 Å². The van der Waals surface area contributed by atoms with Crippen molar-refractivity contribution in [2.75, 3.05) is 19.7 Å². The summed E-state index contributed by atoms with van der Waals surface area (Å²) >= 11 is 0. The smallest absolute Gasteiger partial charge is 0.318 e. The molecular weight excluding hydrogens is 314 g/mol. The van der Waals surface area contributed by atoms with Gasteiger partial charge in [0.15, 0.2) is 0 Å². The van der Waals surface area contributed by atoms with Crippen LogP contribution in [-0.4, -0.2) is 41.7 Å². The van der Waals surface area contributed by atoms with Crippen LogP contribution in [-0.2, 0) is 11.2 Å². The van der Waals surface area contributed by atoms with Gasteiger partial charge in [0, 0.05) is 25.5 Å². The van der Waals surface area contributed by atoms with Gasteiger partial charge in [0.25, 0.3) is 0 Å². The van der Waals surface area contributed by atoms with E-state index in [9.17, 15) is 4.79 Å². The lowest BCUT2D eigenvalue weighted by molar-refractivity contribution is -0.0179. The first-order chi connectivity index (χ1) is 12.2. The van der Waals surface area contributed by atoms with Crippen LogP contribution in [0, 0.1) is 0 Å². The Morgan fingerprint density at radius 3 is 2.80 bits per heavy atom. The van der Waals surface area contributed by atoms with Gasteiger partial charge < -0.3 is 15.0 Å². The Kier molecular flexibility index (Phi) is 6.01. The van der Waals surface area contributed by atoms with Crippen molar-refractivity contribution in [3.05, 3.63) is 66.0 Å². The fraction of sp³-hybridized carbons (Fsp3) is 0.400. The topological polar surface area (TPSA) is 54.5 Å². The Balaban J connectivity index is 1.49. The van der Waals surface area contributed by atoms with Gasteiger partial charge in [-0.15, -0.1) is 0 Å². The molecule has 0 bridgehead atoms. The highest BCUT2D eigenvalue weighted by Gasteiger charge is 2.25. The maximum atomic E-state index is 12.5. The van der Waals surface area contributed by atoms with Gasteiger partial charge >= 0.3 is 6.03 Å². The Morgan fingerprint density at radius 2 is 2.04 bits per heavy atom. The fourth-order valence-electron chi connectivity index (χ4n) is 3.06. The molecule has 1 N–H and O–H groups in total. The van der Waals surface area contributed by atoms with Crippen LogP contribution in [0.25, 0.3) is 0 Å². The van der Waals surface area contributed by atoms with Crippen LogP contribution in [0.15, 0.2) is 54.9 Å². The standard InChI is InChI=1S/C20H25N3O2/c1-16(18-9-11-21-12-10-18)22-20(24)23-13-14-25-19(15-23)8-7-17-5-3-2-4-6-17/h2-6,9-12,16,19H,7-8,13-15H2,1H3,(H,22,24)/t16-,19-/m1/s1. The number of pyridine rings is 1. The lowest BCUT2D eigenvalue weighted by Crippen LogP contribution is -2.50. The van der Waals surface area contributed by atoms with Gasteiger partial charge in [0.1, 0.15) is 0 Å². The summed E-state index contributed by atoms with van der Waals surface area (Å²) in [4.78, 5) is 18.4. The molecule has 2 atom stereocenters. The number of nitrogens with zero attached hydrogens (tertiary/aromatic N) is 2. The SMILES string of the molecule is C[C@@H](NC(=O)N1CCO[C@H](CCc2ccccc2)C1)c1ccncc1. The molecule has 2 aromatic rings. The molecule has 132 valence electrons. The number of aryl methyl sites for hydroxylation is 1. The van der Waals surface area contributed by atoms with Crippen molar-refractivity contribution in [3.8, 4) is 0 Å². The highest BCUT2D eigenvalue weighted by molar-refractivity contribution is 5.74. The molecule has 3 rings (SSSR count). The van der Waals surface area contributed by atoms with Gasteiger partial charge in [-0.2, -0.15) is 0 Å². The summed E-state index contributed by atoms with van der Waals surface area (Å²) in [6.45, 7) is 3.86. The average molecular weight is 339 g/mol. The van der Waals surface area contributed by atoms with E-state index in [0.717, 1.165) is 18.4 Å². The lowest BCUT2D eigenvalue weighted by atomic mass is 10.1. The van der Waals surface area contributed by atoms with E-state index in [1.165, 1.54) is 5.56 Å². The summed E-state index contributed by atoms with van der Waals surface area (Å²) in [6.07, 6.45) is 5.47. The van der Waals surface area contributed by atoms with Crippen molar-refractivity contribution in [1.82, 2.24) is 15.2 Å². The molecule has 0 radical (unpaired) electrons. The summed E-state index contributed by atoms with van der Waals surface area (Å²) in [5.41, 5.74) is 2.36. The number of carbonyl (C=O) groups excluding carboxylic acids is 1. The first kappa shape index (κ1) is 17.4. The number of amides is 2. The number of nitrogens with one attached hydrogen (secondary N) is 1. The van der Waals surface area contributed by atoms with Crippen molar-refractivity contribution in [3.63, 3.8) is 0 Å². The van der Waals surface area contributed by atoms with E-state index in [-0.39, 0.29) is 18.2 Å². The van der Waals surface area contributed by atoms with Crippen molar-refractivity contribution < 1.29 is 9.53 Å². The van der Waals surface area contributed by atoms with E-state index in [0.29, 0.717) is 19.7 Å². The number of rotatable bonds is 5. The van der Waals surface area contributed by atoms with Crippen molar-refractivity contribution in [2.45, 2.75) is 31.9 Å². The van der Waals surface area contributed by atoms with Gasteiger partial charge in [-0.25, -0.2) is 4.79 Å². The van der Waals surface area contributed by atoms with Crippen molar-refractivity contribution in [2.24, 2.45) is 0 Å². The molecule has 0 unspecified atom stereocenters. The highest BCUT2D eigenvalue weighted by Crippen LogP contribution is 2.15. The fourth-order valence-corrected chi connectivity index (χ4v) is 3.06. The number of morpholine rings is 1. The number of hydrogen-bond donors (Lipinski definition) is 1. The zero-order valence-corrected chi connectivity index (χ0v) is 14.6. The van der Waals surface area contributed by atoms with Gasteiger partial charge in [0.2, 0.25) is 0 Å². The minimum absolute atomic E-state index is 0.0303. The largest absolute Gasteiger partial charge is 0.375 e. The van der Waals surface area contributed by atoms with E-state index in [4.69, 9.17) is 4.74 Å². The minimum atomic E-state index is -0.0406. The van der Waals surface area contributed by atoms with E-state index >= 15 is 0 Å². The molecule has 1 aliphatic rings. The molecule has 1 aromatic heterocycles. The molecule has 1 fully saturated rings. The van der Waals surface area contributed by atoms with Crippen LogP contribution in [0.5, 0.6) is 0 Å². The molecule has 1 aromatic carbocycles. The number of aromatic nitrogens is 1. The third-order valence-corrected chi connectivity index (χ3v) is 4.57. The Hall–Kier alpha value is -2.40. The number of urea groups is 1. The molecule has 0 spiro atoms. The third kappa shape index (κ3) is 5.03. The average Bonchev–Trinajstić information content (AvgIpc) is 2.68. The van der Waals surface area contributed by atoms with Gasteiger partial charge in [-0.05, 0) is 43.0 Å². The Morgan fingerprint density at radius 1 is 1.28 bits per heavy atom. The first-order valence-corrected chi connectivity index (χ1v) is 8.83. The highest BCUT2D eigenvalue weighted by atomic mass is 16.5. The van der Waals surface area contributed by atoms with Crippen LogP contribution in [0.1, 0.15) is 30.5 Å². The number of carbonyl (C=O) groups is 1. The maximum Gasteiger partial charge on any atom is 0.318 e. The number of benzene rings is 1. The van der Waals surface area contributed by atoms with Gasteiger partial charge in [-0.1, -0.05) is 30.3 Å². The predicted octanol–water partition coefficient (Wildman–Crippen LogP) is 3.19. The summed E-state index contributed by atoms with van der Waals surface area (Å²) in [5, 5.41) is 3.06. The zero-order chi connectivity index (χ0) is 17.5. The summed E-state index contributed by atoms with van der Waals surface area (Å²) in [7, 11) is 0. The minimum Gasteiger partial charge on any atom is -0.375 e. The van der Waals surface area contributed by atoms with E-state index < -0.39 is 0 Å². The van der Waals surface area contributed by atoms with Crippen LogP contribution in [0.2, 0.25) is 0 Å². The number of ether oxygens (including phenoxy) is 1. The van der Waals surface area contributed by atoms with Crippen molar-refractivity contribution >= 4 is 6.03 Å². The van der Waals surface area contributed by atoms with Crippen LogP contribution in [0.4, 0.5) is 4.79 Å². The third-order valence-electron chi connectivity index (χ3n) is 4.57. The predicted molar refractivity (Wildman–Crippen MR) is 97.3 cm³/mol. The molecule has 5 heteroatoms. The number of hydrogen-bond acceptors (Lipinski definition) is 3. The molecule has 25 heavy (non-hydrogen) atoms. The molecule has 2 heterocycles. The van der Waals surface area contributed by atoms with E-state index in [1.54, 1.807) is 12.4 Å². The second-order valence-electron chi connectivity index (χ2n) is 6.41. The van der Waals surface area contributed by atoms with E-state index in [1.807, 2.05) is 30.0 Å². The Labute approximate surface area is 149 Å². The second kappa shape index (κ2) is 8.62. The summed E-state index contributed by atoms with van der Waals surface area (Å²) < 4.78 is 5.84. The Bertz CT molecular complexity index is 663.